The molecule has 1 aliphatic heterocycles. The zero-order chi connectivity index (χ0) is 35.6. The Kier molecular flexibility index (Phi) is 12.6. The lowest BCUT2D eigenvalue weighted by Crippen LogP contribution is -2.52. The van der Waals surface area contributed by atoms with Crippen LogP contribution in [0.5, 0.6) is 0 Å². The van der Waals surface area contributed by atoms with Gasteiger partial charge in [0.2, 0.25) is 11.8 Å². The van der Waals surface area contributed by atoms with E-state index in [9.17, 15) is 29.4 Å². The minimum Gasteiger partial charge on any atom is -0.480 e. The summed E-state index contributed by atoms with van der Waals surface area (Å²) < 4.78 is 2.19. The molecule has 2 aromatic carbocycles. The summed E-state index contributed by atoms with van der Waals surface area (Å²) >= 11 is 6.37. The monoisotopic (exact) mass is 701 g/mol. The molecule has 0 saturated carbocycles. The molecule has 0 fully saturated rings. The lowest BCUT2D eigenvalue weighted by atomic mass is 10.00. The molecule has 2 aromatic heterocycles. The molecule has 0 spiro atoms. The van der Waals surface area contributed by atoms with E-state index in [0.29, 0.717) is 49.4 Å². The third kappa shape index (κ3) is 9.08. The first-order chi connectivity index (χ1) is 24.1. The molecule has 11 nitrogen and oxygen atoms in total. The van der Waals surface area contributed by atoms with E-state index >= 15 is 0 Å². The van der Waals surface area contributed by atoms with Crippen molar-refractivity contribution in [2.75, 3.05) is 18.0 Å². The fourth-order valence-corrected chi connectivity index (χ4v) is 7.03. The first-order valence-corrected chi connectivity index (χ1v) is 17.6. The Morgan fingerprint density at radius 3 is 2.60 bits per heavy atom. The van der Waals surface area contributed by atoms with E-state index in [1.807, 2.05) is 42.6 Å². The van der Waals surface area contributed by atoms with Crippen LogP contribution in [0, 0.1) is 0 Å². The van der Waals surface area contributed by atoms with Gasteiger partial charge in [-0.25, -0.2) is 0 Å². The zero-order valence-electron chi connectivity index (χ0n) is 28.2. The van der Waals surface area contributed by atoms with Gasteiger partial charge in [0.25, 0.3) is 0 Å². The summed E-state index contributed by atoms with van der Waals surface area (Å²) in [7, 11) is 2.06. The van der Waals surface area contributed by atoms with Crippen LogP contribution in [-0.2, 0) is 39.1 Å². The van der Waals surface area contributed by atoms with Gasteiger partial charge in [-0.2, -0.15) is 0 Å². The maximum absolute atomic E-state index is 13.3. The molecule has 0 saturated heterocycles. The minimum absolute atomic E-state index is 0.0342. The summed E-state index contributed by atoms with van der Waals surface area (Å²) in [6, 6.07) is 15.3. The van der Waals surface area contributed by atoms with Crippen LogP contribution < -0.4 is 15.5 Å². The van der Waals surface area contributed by atoms with Gasteiger partial charge in [-0.1, -0.05) is 36.2 Å². The van der Waals surface area contributed by atoms with Crippen LogP contribution >= 0.6 is 11.6 Å². The van der Waals surface area contributed by atoms with Crippen LogP contribution in [0.2, 0.25) is 5.02 Å². The first-order valence-electron chi connectivity index (χ1n) is 17.2. The van der Waals surface area contributed by atoms with Crippen LogP contribution in [0.4, 0.5) is 5.69 Å². The lowest BCUT2D eigenvalue weighted by Gasteiger charge is -2.26. The molecular formula is C38H44ClN5O6. The van der Waals surface area contributed by atoms with Crippen molar-refractivity contribution in [3.8, 4) is 11.3 Å². The van der Waals surface area contributed by atoms with Crippen LogP contribution in [0.15, 0.2) is 67.0 Å². The number of aromatic nitrogens is 2. The SMILES string of the molecule is Cn1c(-c2cccnc2)c(CCCCCC(=O)NCCCC[C@H](N[C@H]2CCc3ccccc3N(CC(=O)O)C2=O)C(=O)O)c2cc(Cl)ccc21. The molecule has 5 rings (SSSR count). The number of carbonyl (C=O) groups excluding carboxylic acids is 2. The molecule has 264 valence electrons. The summed E-state index contributed by atoms with van der Waals surface area (Å²) in [4.78, 5) is 55.0. The smallest absolute Gasteiger partial charge is 0.323 e. The average molecular weight is 702 g/mol. The van der Waals surface area contributed by atoms with E-state index < -0.39 is 36.5 Å². The number of fused-ring (bicyclic) bond motifs is 2. The van der Waals surface area contributed by atoms with E-state index in [4.69, 9.17) is 11.6 Å². The van der Waals surface area contributed by atoms with Crippen LogP contribution in [-0.4, -0.2) is 68.7 Å². The molecule has 1 aliphatic rings. The number of para-hydroxylation sites is 1. The Labute approximate surface area is 296 Å². The maximum Gasteiger partial charge on any atom is 0.323 e. The van der Waals surface area contributed by atoms with Crippen LogP contribution in [0.3, 0.4) is 0 Å². The Bertz CT molecular complexity index is 1830. The molecule has 0 radical (unpaired) electrons. The van der Waals surface area contributed by atoms with Crippen LogP contribution in [0.1, 0.15) is 62.5 Å². The summed E-state index contributed by atoms with van der Waals surface area (Å²) in [5, 5.41) is 27.0. The number of aliphatic carboxylic acids is 2. The fourth-order valence-electron chi connectivity index (χ4n) is 6.86. The largest absolute Gasteiger partial charge is 0.480 e. The molecule has 50 heavy (non-hydrogen) atoms. The van der Waals surface area contributed by atoms with Crippen molar-refractivity contribution in [3.63, 3.8) is 0 Å². The number of benzene rings is 2. The van der Waals surface area contributed by atoms with Crippen molar-refractivity contribution in [2.45, 2.75) is 76.3 Å². The first kappa shape index (κ1) is 36.5. The number of halogens is 1. The molecule has 4 aromatic rings. The number of carbonyl (C=O) groups is 4. The van der Waals surface area contributed by atoms with Gasteiger partial charge in [-0.3, -0.25) is 34.4 Å². The lowest BCUT2D eigenvalue weighted by molar-refractivity contribution is -0.141. The number of aryl methyl sites for hydroxylation is 3. The minimum atomic E-state index is -1.15. The topological polar surface area (TPSA) is 154 Å². The Morgan fingerprint density at radius 2 is 1.84 bits per heavy atom. The predicted octanol–water partition coefficient (Wildman–Crippen LogP) is 5.76. The average Bonchev–Trinajstić information content (AvgIpc) is 3.30. The quantitative estimate of drug-likeness (QED) is 0.101. The summed E-state index contributed by atoms with van der Waals surface area (Å²) in [6.45, 7) is -0.0709. The number of carboxylic acid groups (broad SMARTS) is 2. The standard InChI is InChI=1S/C38H44ClN5O6/c1-43-33-19-17-27(39)22-29(33)28(36(43)26-11-9-20-40-23-26)12-3-2-4-15-34(45)41-21-8-7-13-31(38(49)50)42-30-18-16-25-10-5-6-14-32(25)44(37(30)48)24-35(46)47/h5-6,9-11,14,17,19-20,22-23,30-31,42H,2-4,7-8,12-13,15-16,18,21,24H2,1H3,(H,41,45)(H,46,47)(H,49,50)/t30-,31-/m0/s1. The van der Waals surface area contributed by atoms with Crippen molar-refractivity contribution in [2.24, 2.45) is 7.05 Å². The molecule has 0 bridgehead atoms. The zero-order valence-corrected chi connectivity index (χ0v) is 29.0. The number of rotatable bonds is 17. The third-order valence-corrected chi connectivity index (χ3v) is 9.55. The van der Waals surface area contributed by atoms with E-state index in [1.165, 1.54) is 10.5 Å². The molecule has 0 unspecified atom stereocenters. The van der Waals surface area contributed by atoms with Crippen molar-refractivity contribution in [1.29, 1.82) is 0 Å². The van der Waals surface area contributed by atoms with Crippen molar-refractivity contribution in [1.82, 2.24) is 20.2 Å². The van der Waals surface area contributed by atoms with Crippen molar-refractivity contribution < 1.29 is 29.4 Å². The van der Waals surface area contributed by atoms with Gasteiger partial charge in [-0.15, -0.1) is 0 Å². The fraction of sp³-hybridized carbons (Fsp3) is 0.395. The number of hydrogen-bond donors (Lipinski definition) is 4. The van der Waals surface area contributed by atoms with Gasteiger partial charge in [-0.05, 0) is 98.9 Å². The second-order valence-electron chi connectivity index (χ2n) is 12.8. The van der Waals surface area contributed by atoms with Gasteiger partial charge < -0.3 is 20.1 Å². The molecule has 2 amide bonds. The highest BCUT2D eigenvalue weighted by Gasteiger charge is 2.34. The third-order valence-electron chi connectivity index (χ3n) is 9.32. The second kappa shape index (κ2) is 17.3. The van der Waals surface area contributed by atoms with Gasteiger partial charge in [0, 0.05) is 59.6 Å². The number of nitrogens with one attached hydrogen (secondary N) is 2. The Balaban J connectivity index is 1.04. The molecular weight excluding hydrogens is 658 g/mol. The number of unbranched alkanes of at least 4 members (excludes halogenated alkanes) is 3. The van der Waals surface area contributed by atoms with E-state index in [-0.39, 0.29) is 12.3 Å². The highest BCUT2D eigenvalue weighted by Crippen LogP contribution is 2.35. The van der Waals surface area contributed by atoms with Crippen molar-refractivity contribution in [3.05, 3.63) is 83.1 Å². The number of amides is 2. The van der Waals surface area contributed by atoms with E-state index in [1.54, 1.807) is 18.3 Å². The number of nitrogens with zero attached hydrogens (tertiary/aromatic N) is 3. The Morgan fingerprint density at radius 1 is 1.02 bits per heavy atom. The van der Waals surface area contributed by atoms with E-state index in [2.05, 4.69) is 33.3 Å². The van der Waals surface area contributed by atoms with Gasteiger partial charge in [0.1, 0.15) is 12.6 Å². The van der Waals surface area contributed by atoms with Gasteiger partial charge in [0.15, 0.2) is 0 Å². The van der Waals surface area contributed by atoms with Crippen molar-refractivity contribution >= 4 is 51.9 Å². The summed E-state index contributed by atoms with van der Waals surface area (Å²) in [5.74, 6) is -2.71. The summed E-state index contributed by atoms with van der Waals surface area (Å²) in [6.07, 6.45) is 9.70. The molecule has 4 N–H and O–H groups in total. The molecule has 0 aliphatic carbocycles. The molecule has 3 heterocycles. The highest BCUT2D eigenvalue weighted by atomic mass is 35.5. The number of pyridine rings is 1. The maximum atomic E-state index is 13.3. The summed E-state index contributed by atoms with van der Waals surface area (Å²) in [5.41, 5.74) is 5.90. The Hall–Kier alpha value is -4.74. The van der Waals surface area contributed by atoms with Crippen LogP contribution in [0.25, 0.3) is 22.2 Å². The number of hydrogen-bond acceptors (Lipinski definition) is 6. The molecule has 2 atom stereocenters. The number of anilines is 1. The second-order valence-corrected chi connectivity index (χ2v) is 13.2. The predicted molar refractivity (Wildman–Crippen MR) is 193 cm³/mol. The normalized spacial score (nSPS) is 15.0. The van der Waals surface area contributed by atoms with Gasteiger partial charge in [0.05, 0.1) is 11.7 Å². The molecule has 12 heteroatoms. The number of carboxylic acids is 2. The van der Waals surface area contributed by atoms with E-state index in [0.717, 1.165) is 53.4 Å². The van der Waals surface area contributed by atoms with Gasteiger partial charge >= 0.3 is 11.9 Å². The highest BCUT2D eigenvalue weighted by molar-refractivity contribution is 6.31.